The maximum atomic E-state index is 13.7. The fourth-order valence-electron chi connectivity index (χ4n) is 1.78. The fraction of sp³-hybridized carbons (Fsp3) is 0.0667. The van der Waals surface area contributed by atoms with Gasteiger partial charge in [-0.3, -0.25) is 4.79 Å². The molecule has 0 fully saturated rings. The summed E-state index contributed by atoms with van der Waals surface area (Å²) in [6.45, 7) is 0. The van der Waals surface area contributed by atoms with E-state index in [4.69, 9.17) is 0 Å². The minimum absolute atomic E-state index is 0.137. The number of amides is 1. The second-order valence-corrected chi connectivity index (χ2v) is 6.49. The minimum Gasteiger partial charge on any atom is -0.506 e. The number of phenolic OH excluding ortho intramolecular Hbond substituents is 1. The monoisotopic (exact) mass is 482 g/mol. The molecule has 0 aliphatic heterocycles. The molecule has 0 saturated heterocycles. The van der Waals surface area contributed by atoms with Gasteiger partial charge in [-0.15, -0.1) is 0 Å². The lowest BCUT2D eigenvalue weighted by atomic mass is 10.1. The quantitative estimate of drug-likeness (QED) is 0.373. The topological polar surface area (TPSA) is 61.7 Å². The van der Waals surface area contributed by atoms with Gasteiger partial charge in [0.05, 0.1) is 21.8 Å². The number of carbonyl (C=O) groups excluding carboxylic acids is 1. The van der Waals surface area contributed by atoms with Crippen LogP contribution in [0.3, 0.4) is 0 Å². The second-order valence-electron chi connectivity index (χ2n) is 4.72. The van der Waals surface area contributed by atoms with E-state index in [1.807, 2.05) is 5.43 Å². The number of nitrogens with one attached hydrogen (secondary N) is 1. The van der Waals surface area contributed by atoms with E-state index in [0.29, 0.717) is 15.0 Å². The highest BCUT2D eigenvalue weighted by molar-refractivity contribution is 9.11. The first kappa shape index (κ1) is 19.4. The van der Waals surface area contributed by atoms with Crippen LogP contribution in [0.5, 0.6) is 5.75 Å². The summed E-state index contributed by atoms with van der Waals surface area (Å²) in [5.41, 5.74) is 0.432. The van der Waals surface area contributed by atoms with Crippen LogP contribution in [0.25, 0.3) is 0 Å². The Bertz CT molecular complexity index is 854. The number of benzene rings is 2. The Morgan fingerprint density at radius 1 is 1.20 bits per heavy atom. The van der Waals surface area contributed by atoms with E-state index >= 15 is 0 Å². The first-order valence-electron chi connectivity index (χ1n) is 6.47. The Morgan fingerprint density at radius 3 is 2.48 bits per heavy atom. The lowest BCUT2D eigenvalue weighted by Gasteiger charge is -2.08. The Balaban J connectivity index is 2.16. The van der Waals surface area contributed by atoms with Crippen molar-refractivity contribution in [2.75, 3.05) is 0 Å². The van der Waals surface area contributed by atoms with Crippen molar-refractivity contribution >= 4 is 44.0 Å². The summed E-state index contributed by atoms with van der Waals surface area (Å²) < 4.78 is 52.1. The number of alkyl halides is 3. The molecule has 0 aliphatic carbocycles. The summed E-state index contributed by atoms with van der Waals surface area (Å²) in [6.07, 6.45) is -3.61. The van der Waals surface area contributed by atoms with Gasteiger partial charge in [0.25, 0.3) is 5.91 Å². The summed E-state index contributed by atoms with van der Waals surface area (Å²) >= 11 is 6.32. The lowest BCUT2D eigenvalue weighted by Crippen LogP contribution is -2.19. The van der Waals surface area contributed by atoms with Crippen molar-refractivity contribution in [1.29, 1.82) is 0 Å². The zero-order valence-corrected chi connectivity index (χ0v) is 15.2. The molecule has 0 aromatic heterocycles. The molecule has 4 nitrogen and oxygen atoms in total. The summed E-state index contributed by atoms with van der Waals surface area (Å²) in [5.74, 6) is -2.49. The molecular weight excluding hydrogens is 476 g/mol. The van der Waals surface area contributed by atoms with Crippen LogP contribution < -0.4 is 5.43 Å². The van der Waals surface area contributed by atoms with Gasteiger partial charge in [0, 0.05) is 10.0 Å². The van der Waals surface area contributed by atoms with Crippen LogP contribution in [0.15, 0.2) is 44.4 Å². The van der Waals surface area contributed by atoms with Crippen molar-refractivity contribution in [3.8, 4) is 5.75 Å². The van der Waals surface area contributed by atoms with Crippen LogP contribution in [-0.4, -0.2) is 17.2 Å². The third-order valence-electron chi connectivity index (χ3n) is 2.97. The molecule has 10 heteroatoms. The molecule has 0 unspecified atom stereocenters. The zero-order chi connectivity index (χ0) is 18.8. The number of hydrogen-bond donors (Lipinski definition) is 2. The first-order chi connectivity index (χ1) is 11.6. The third kappa shape index (κ3) is 4.79. The number of nitrogens with zero attached hydrogens (tertiary/aromatic N) is 1. The predicted molar refractivity (Wildman–Crippen MR) is 90.0 cm³/mol. The van der Waals surface area contributed by atoms with E-state index in [2.05, 4.69) is 37.0 Å². The molecule has 2 aromatic carbocycles. The zero-order valence-electron chi connectivity index (χ0n) is 12.0. The Hall–Kier alpha value is -1.94. The van der Waals surface area contributed by atoms with E-state index in [1.165, 1.54) is 6.07 Å². The Kier molecular flexibility index (Phi) is 5.83. The standard InChI is InChI=1S/C15H8Br2F4N2O2/c16-9-3-7(13(24)11(17)5-9)6-22-23-14(25)10-2-1-8(4-12(10)18)15(19,20)21/h1-6,24H,(H,23,25)/b22-6+. The molecule has 0 atom stereocenters. The van der Waals surface area contributed by atoms with Gasteiger partial charge in [0.2, 0.25) is 0 Å². The Morgan fingerprint density at radius 2 is 1.88 bits per heavy atom. The van der Waals surface area contributed by atoms with Gasteiger partial charge in [-0.25, -0.2) is 9.82 Å². The molecule has 2 aromatic rings. The van der Waals surface area contributed by atoms with Crippen molar-refractivity contribution in [2.45, 2.75) is 6.18 Å². The fourth-order valence-corrected chi connectivity index (χ4v) is 3.04. The SMILES string of the molecule is O=C(N/N=C/c1cc(Br)cc(Br)c1O)c1ccc(C(F)(F)F)cc1F. The van der Waals surface area contributed by atoms with Gasteiger partial charge in [-0.05, 0) is 46.3 Å². The molecule has 0 radical (unpaired) electrons. The van der Waals surface area contributed by atoms with Gasteiger partial charge >= 0.3 is 6.18 Å². The molecule has 2 N–H and O–H groups in total. The maximum Gasteiger partial charge on any atom is 0.416 e. The largest absolute Gasteiger partial charge is 0.506 e. The van der Waals surface area contributed by atoms with Gasteiger partial charge in [-0.1, -0.05) is 15.9 Å². The molecule has 132 valence electrons. The molecular formula is C15H8Br2F4N2O2. The van der Waals surface area contributed by atoms with Gasteiger partial charge in [-0.2, -0.15) is 18.3 Å². The highest BCUT2D eigenvalue weighted by Crippen LogP contribution is 2.31. The molecule has 1 amide bonds. The van der Waals surface area contributed by atoms with Crippen molar-refractivity contribution in [3.63, 3.8) is 0 Å². The number of aromatic hydroxyl groups is 1. The lowest BCUT2D eigenvalue weighted by molar-refractivity contribution is -0.137. The number of rotatable bonds is 3. The number of hydrogen-bond acceptors (Lipinski definition) is 3. The van der Waals surface area contributed by atoms with Crippen LogP contribution >= 0.6 is 31.9 Å². The number of carbonyl (C=O) groups is 1. The summed E-state index contributed by atoms with van der Waals surface area (Å²) in [5, 5.41) is 13.4. The Labute approximate surface area is 155 Å². The van der Waals surface area contributed by atoms with Crippen molar-refractivity contribution in [1.82, 2.24) is 5.43 Å². The van der Waals surface area contributed by atoms with E-state index in [0.717, 1.165) is 12.3 Å². The predicted octanol–water partition coefficient (Wildman–Crippen LogP) is 4.84. The summed E-state index contributed by atoms with van der Waals surface area (Å²) in [4.78, 5) is 11.8. The average molecular weight is 484 g/mol. The van der Waals surface area contributed by atoms with Crippen LogP contribution in [0.4, 0.5) is 17.6 Å². The van der Waals surface area contributed by atoms with Gasteiger partial charge in [0.1, 0.15) is 11.6 Å². The number of hydrazone groups is 1. The first-order valence-corrected chi connectivity index (χ1v) is 8.06. The second kappa shape index (κ2) is 7.52. The third-order valence-corrected chi connectivity index (χ3v) is 4.03. The molecule has 25 heavy (non-hydrogen) atoms. The highest BCUT2D eigenvalue weighted by atomic mass is 79.9. The molecule has 0 heterocycles. The molecule has 0 bridgehead atoms. The van der Waals surface area contributed by atoms with Gasteiger partial charge < -0.3 is 5.11 Å². The highest BCUT2D eigenvalue weighted by Gasteiger charge is 2.31. The van der Waals surface area contributed by atoms with E-state index in [-0.39, 0.29) is 17.4 Å². The van der Waals surface area contributed by atoms with E-state index in [1.54, 1.807) is 6.07 Å². The number of halogens is 6. The van der Waals surface area contributed by atoms with E-state index < -0.39 is 29.0 Å². The van der Waals surface area contributed by atoms with Crippen molar-refractivity contribution in [2.24, 2.45) is 5.10 Å². The molecule has 0 aliphatic rings. The summed E-state index contributed by atoms with van der Waals surface area (Å²) in [6, 6.07) is 4.64. The smallest absolute Gasteiger partial charge is 0.416 e. The van der Waals surface area contributed by atoms with E-state index in [9.17, 15) is 27.5 Å². The molecule has 0 spiro atoms. The van der Waals surface area contributed by atoms with Crippen molar-refractivity contribution in [3.05, 3.63) is 61.8 Å². The van der Waals surface area contributed by atoms with Crippen molar-refractivity contribution < 1.29 is 27.5 Å². The van der Waals surface area contributed by atoms with Crippen LogP contribution in [-0.2, 0) is 6.18 Å². The van der Waals surface area contributed by atoms with Crippen LogP contribution in [0.2, 0.25) is 0 Å². The van der Waals surface area contributed by atoms with Crippen LogP contribution in [0, 0.1) is 5.82 Å². The van der Waals surface area contributed by atoms with Gasteiger partial charge in [0.15, 0.2) is 0 Å². The van der Waals surface area contributed by atoms with Crippen LogP contribution in [0.1, 0.15) is 21.5 Å². The minimum atomic E-state index is -4.71. The maximum absolute atomic E-state index is 13.7. The average Bonchev–Trinajstić information content (AvgIpc) is 2.50. The summed E-state index contributed by atoms with van der Waals surface area (Å²) in [7, 11) is 0. The molecule has 2 rings (SSSR count). The number of phenols is 1. The normalized spacial score (nSPS) is 11.8. The molecule has 0 saturated carbocycles.